The molecule has 0 unspecified atom stereocenters. The van der Waals surface area contributed by atoms with Gasteiger partial charge >= 0.3 is 0 Å². The van der Waals surface area contributed by atoms with Crippen molar-refractivity contribution in [3.63, 3.8) is 0 Å². The van der Waals surface area contributed by atoms with E-state index in [4.69, 9.17) is 4.74 Å². The molecule has 2 saturated heterocycles. The fraction of sp³-hybridized carbons (Fsp3) is 0.857. The van der Waals surface area contributed by atoms with Gasteiger partial charge in [-0.3, -0.25) is 9.59 Å². The van der Waals surface area contributed by atoms with Crippen LogP contribution in [0.15, 0.2) is 0 Å². The molecule has 2 atom stereocenters. The van der Waals surface area contributed by atoms with Crippen molar-refractivity contribution in [2.24, 2.45) is 17.8 Å². The maximum Gasteiger partial charge on any atom is 0.249 e. The van der Waals surface area contributed by atoms with Crippen molar-refractivity contribution >= 4 is 11.8 Å². The Morgan fingerprint density at radius 3 is 2.62 bits per heavy atom. The maximum atomic E-state index is 12.9. The minimum absolute atomic E-state index is 0.0614. The summed E-state index contributed by atoms with van der Waals surface area (Å²) in [6, 6.07) is 0. The molecule has 2 amide bonds. The van der Waals surface area contributed by atoms with E-state index < -0.39 is 11.8 Å². The first-order valence-electron chi connectivity index (χ1n) is 7.35. The van der Waals surface area contributed by atoms with Gasteiger partial charge in [0.25, 0.3) is 0 Å². The first-order valence-corrected chi connectivity index (χ1v) is 7.35. The maximum absolute atomic E-state index is 12.9. The normalized spacial score (nSPS) is 31.5. The monoisotopic (exact) mass is 302 g/mol. The van der Waals surface area contributed by atoms with E-state index in [1.54, 1.807) is 16.9 Å². The summed E-state index contributed by atoms with van der Waals surface area (Å²) in [6.07, 6.45) is -0.683. The molecule has 0 aromatic heterocycles. The molecule has 3 rings (SSSR count). The second kappa shape index (κ2) is 5.19. The van der Waals surface area contributed by atoms with Crippen molar-refractivity contribution in [2.45, 2.75) is 18.8 Å². The lowest BCUT2D eigenvalue weighted by Crippen LogP contribution is -2.47. The molecule has 1 aliphatic carbocycles. The summed E-state index contributed by atoms with van der Waals surface area (Å²) in [5.74, 6) is -3.40. The minimum Gasteiger partial charge on any atom is -0.383 e. The van der Waals surface area contributed by atoms with Gasteiger partial charge in [-0.1, -0.05) is 0 Å². The Bertz CT molecular complexity index is 450. The number of likely N-dealkylation sites (tertiary alicyclic amines) is 2. The lowest BCUT2D eigenvalue weighted by molar-refractivity contribution is -0.159. The number of hydrogen-bond donors (Lipinski definition) is 0. The van der Waals surface area contributed by atoms with Gasteiger partial charge in [0, 0.05) is 58.0 Å². The zero-order valence-electron chi connectivity index (χ0n) is 12.1. The molecule has 0 N–H and O–H groups in total. The van der Waals surface area contributed by atoms with E-state index in [1.165, 1.54) is 0 Å². The van der Waals surface area contributed by atoms with Crippen molar-refractivity contribution in [1.29, 1.82) is 0 Å². The number of nitrogens with zero attached hydrogens (tertiary/aromatic N) is 2. The number of halogens is 2. The summed E-state index contributed by atoms with van der Waals surface area (Å²) in [5, 5.41) is 0. The van der Waals surface area contributed by atoms with Crippen molar-refractivity contribution in [1.82, 2.24) is 9.80 Å². The molecule has 2 aliphatic heterocycles. The fourth-order valence-electron chi connectivity index (χ4n) is 3.62. The van der Waals surface area contributed by atoms with Crippen molar-refractivity contribution < 1.29 is 23.1 Å². The molecular formula is C14H20F2N2O3. The largest absolute Gasteiger partial charge is 0.383 e. The topological polar surface area (TPSA) is 49.9 Å². The number of carbonyl (C=O) groups excluding carboxylic acids is 2. The molecule has 118 valence electrons. The molecule has 0 radical (unpaired) electrons. The highest BCUT2D eigenvalue weighted by Gasteiger charge is 2.53. The van der Waals surface area contributed by atoms with E-state index in [-0.39, 0.29) is 36.5 Å². The van der Waals surface area contributed by atoms with Crippen LogP contribution in [0.1, 0.15) is 12.8 Å². The van der Waals surface area contributed by atoms with Gasteiger partial charge in [0.1, 0.15) is 0 Å². The van der Waals surface area contributed by atoms with Crippen LogP contribution in [0.5, 0.6) is 0 Å². The summed E-state index contributed by atoms with van der Waals surface area (Å²) in [7, 11) is 1.59. The number of carbonyl (C=O) groups is 2. The Morgan fingerprint density at radius 2 is 2.05 bits per heavy atom. The van der Waals surface area contributed by atoms with Crippen LogP contribution in [0.2, 0.25) is 0 Å². The van der Waals surface area contributed by atoms with Crippen LogP contribution >= 0.6 is 0 Å². The third-order valence-electron chi connectivity index (χ3n) is 4.84. The van der Waals surface area contributed by atoms with Crippen LogP contribution in [0.25, 0.3) is 0 Å². The third-order valence-corrected chi connectivity index (χ3v) is 4.84. The first-order chi connectivity index (χ1) is 9.91. The average molecular weight is 302 g/mol. The smallest absolute Gasteiger partial charge is 0.249 e. The Morgan fingerprint density at radius 1 is 1.33 bits per heavy atom. The molecule has 3 fully saturated rings. The number of alkyl halides is 2. The number of fused-ring (bicyclic) bond motifs is 1. The molecule has 0 aromatic carbocycles. The molecule has 0 bridgehead atoms. The Labute approximate surface area is 122 Å². The van der Waals surface area contributed by atoms with Crippen molar-refractivity contribution in [3.8, 4) is 0 Å². The molecular weight excluding hydrogens is 282 g/mol. The zero-order chi connectivity index (χ0) is 15.2. The molecule has 0 aromatic rings. The Kier molecular flexibility index (Phi) is 3.63. The highest BCUT2D eigenvalue weighted by Crippen LogP contribution is 2.44. The van der Waals surface area contributed by atoms with Gasteiger partial charge in [0.2, 0.25) is 17.7 Å². The van der Waals surface area contributed by atoms with Crippen molar-refractivity contribution in [3.05, 3.63) is 0 Å². The Balaban J connectivity index is 1.54. The van der Waals surface area contributed by atoms with E-state index in [9.17, 15) is 18.4 Å². The Hall–Kier alpha value is -1.24. The van der Waals surface area contributed by atoms with Crippen LogP contribution in [-0.2, 0) is 14.3 Å². The minimum atomic E-state index is -2.68. The first kappa shape index (κ1) is 14.7. The van der Waals surface area contributed by atoms with Gasteiger partial charge in [-0.2, -0.15) is 0 Å². The van der Waals surface area contributed by atoms with Gasteiger partial charge in [0.05, 0.1) is 12.5 Å². The van der Waals surface area contributed by atoms with E-state index in [1.807, 2.05) is 0 Å². The van der Waals surface area contributed by atoms with E-state index in [0.29, 0.717) is 32.8 Å². The van der Waals surface area contributed by atoms with Crippen LogP contribution < -0.4 is 0 Å². The van der Waals surface area contributed by atoms with Gasteiger partial charge in [-0.25, -0.2) is 8.78 Å². The zero-order valence-corrected chi connectivity index (χ0v) is 12.1. The fourth-order valence-corrected chi connectivity index (χ4v) is 3.62. The van der Waals surface area contributed by atoms with Gasteiger partial charge < -0.3 is 14.5 Å². The van der Waals surface area contributed by atoms with Crippen LogP contribution in [0.4, 0.5) is 8.78 Å². The number of rotatable bonds is 4. The molecule has 3 aliphatic rings. The quantitative estimate of drug-likeness (QED) is 0.764. The molecule has 1 saturated carbocycles. The lowest BCUT2D eigenvalue weighted by atomic mass is 9.80. The summed E-state index contributed by atoms with van der Waals surface area (Å²) >= 11 is 0. The average Bonchev–Trinajstić information content (AvgIpc) is 2.93. The van der Waals surface area contributed by atoms with Crippen LogP contribution in [-0.4, -0.2) is 67.4 Å². The molecule has 5 nitrogen and oxygen atoms in total. The molecule has 7 heteroatoms. The van der Waals surface area contributed by atoms with Gasteiger partial charge in [-0.05, 0) is 0 Å². The van der Waals surface area contributed by atoms with E-state index in [0.717, 1.165) is 0 Å². The summed E-state index contributed by atoms with van der Waals surface area (Å²) in [5.41, 5.74) is 0. The molecule has 0 spiro atoms. The van der Waals surface area contributed by atoms with E-state index >= 15 is 0 Å². The van der Waals surface area contributed by atoms with Crippen molar-refractivity contribution in [2.75, 3.05) is 39.9 Å². The molecule has 21 heavy (non-hydrogen) atoms. The molecule has 2 heterocycles. The lowest BCUT2D eigenvalue weighted by Gasteiger charge is -2.36. The third kappa shape index (κ3) is 2.63. The highest BCUT2D eigenvalue weighted by molar-refractivity contribution is 5.85. The summed E-state index contributed by atoms with van der Waals surface area (Å²) < 4.78 is 30.7. The second-order valence-electron chi connectivity index (χ2n) is 6.35. The summed E-state index contributed by atoms with van der Waals surface area (Å²) in [6.45, 7) is 2.61. The van der Waals surface area contributed by atoms with Gasteiger partial charge in [0.15, 0.2) is 0 Å². The van der Waals surface area contributed by atoms with E-state index in [2.05, 4.69) is 0 Å². The SMILES string of the molecule is COCCN1C[C@@H]2CN(C(=O)C3CC(F)(F)C3)C[C@@H]2C1=O. The van der Waals surface area contributed by atoms with Gasteiger partial charge in [-0.15, -0.1) is 0 Å². The number of ether oxygens (including phenoxy) is 1. The van der Waals surface area contributed by atoms with Crippen LogP contribution in [0.3, 0.4) is 0 Å². The number of amides is 2. The van der Waals surface area contributed by atoms with Crippen LogP contribution in [0, 0.1) is 17.8 Å². The standard InChI is InChI=1S/C14H20F2N2O3/c1-21-3-2-17-6-10-7-18(8-11(10)13(17)20)12(19)9-4-14(15,16)5-9/h9-11H,2-8H2,1H3/t10-,11+/m1/s1. The summed E-state index contributed by atoms with van der Waals surface area (Å²) in [4.78, 5) is 27.8. The second-order valence-corrected chi connectivity index (χ2v) is 6.35. The predicted molar refractivity (Wildman–Crippen MR) is 69.7 cm³/mol. The number of hydrogen-bond acceptors (Lipinski definition) is 3. The highest BCUT2D eigenvalue weighted by atomic mass is 19.3. The number of methoxy groups -OCH3 is 1. The predicted octanol–water partition coefficient (Wildman–Crippen LogP) is 0.595.